The summed E-state index contributed by atoms with van der Waals surface area (Å²) in [4.78, 5) is 13.8. The fraction of sp³-hybridized carbons (Fsp3) is 0.235. The number of nitrogens with zero attached hydrogens (tertiary/aromatic N) is 1. The first-order valence-corrected chi connectivity index (χ1v) is 7.36. The van der Waals surface area contributed by atoms with E-state index in [1.165, 1.54) is 18.2 Å². The number of carbonyl (C=O) groups excluding carboxylic acids is 1. The molecule has 1 aliphatic heterocycles. The number of nitrogens with two attached hydrogens (primary N) is 2. The van der Waals surface area contributed by atoms with E-state index in [0.29, 0.717) is 16.9 Å². The van der Waals surface area contributed by atoms with Crippen molar-refractivity contribution in [2.24, 2.45) is 0 Å². The highest BCUT2D eigenvalue weighted by Crippen LogP contribution is 2.18. The lowest BCUT2D eigenvalue weighted by molar-refractivity contribution is 0.0793. The van der Waals surface area contributed by atoms with E-state index in [2.05, 4.69) is 0 Å². The Kier molecular flexibility index (Phi) is 5.41. The summed E-state index contributed by atoms with van der Waals surface area (Å²) in [6.07, 6.45) is 2.17. The van der Waals surface area contributed by atoms with Crippen molar-refractivity contribution in [1.82, 2.24) is 4.90 Å². The predicted molar refractivity (Wildman–Crippen MR) is 88.5 cm³/mol. The van der Waals surface area contributed by atoms with Crippen LogP contribution in [0.2, 0.25) is 0 Å². The number of nitrogen functional groups attached to an aromatic ring is 2. The highest BCUT2D eigenvalue weighted by molar-refractivity contribution is 5.96. The van der Waals surface area contributed by atoms with Gasteiger partial charge in [-0.05, 0) is 43.2 Å². The van der Waals surface area contributed by atoms with Crippen molar-refractivity contribution >= 4 is 17.3 Å². The largest absolute Gasteiger partial charge is 0.505 e. The first kappa shape index (κ1) is 16.6. The van der Waals surface area contributed by atoms with Crippen LogP contribution in [0.5, 0.6) is 5.75 Å². The minimum absolute atomic E-state index is 0.0338. The second kappa shape index (κ2) is 7.49. The van der Waals surface area contributed by atoms with Crippen LogP contribution in [0.4, 0.5) is 15.8 Å². The normalized spacial score (nSPS) is 13.3. The van der Waals surface area contributed by atoms with Crippen LogP contribution in [-0.4, -0.2) is 29.0 Å². The third kappa shape index (κ3) is 4.60. The van der Waals surface area contributed by atoms with Crippen molar-refractivity contribution in [3.05, 3.63) is 53.8 Å². The molecule has 1 heterocycles. The maximum Gasteiger partial charge on any atom is 0.254 e. The smallest absolute Gasteiger partial charge is 0.254 e. The summed E-state index contributed by atoms with van der Waals surface area (Å²) in [6, 6.07) is 10.6. The Bertz CT molecular complexity index is 644. The number of aromatic hydroxyl groups is 1. The number of benzene rings is 2. The van der Waals surface area contributed by atoms with Gasteiger partial charge >= 0.3 is 0 Å². The van der Waals surface area contributed by atoms with Crippen molar-refractivity contribution in [1.29, 1.82) is 0 Å². The van der Waals surface area contributed by atoms with Gasteiger partial charge in [-0.3, -0.25) is 4.79 Å². The molecule has 0 bridgehead atoms. The molecule has 1 amide bonds. The number of para-hydroxylation sites is 1. The fourth-order valence-corrected chi connectivity index (χ4v) is 2.35. The Morgan fingerprint density at radius 2 is 1.61 bits per heavy atom. The van der Waals surface area contributed by atoms with Gasteiger partial charge in [0.25, 0.3) is 5.91 Å². The first-order valence-electron chi connectivity index (χ1n) is 7.36. The lowest BCUT2D eigenvalue weighted by Crippen LogP contribution is -2.27. The van der Waals surface area contributed by atoms with Crippen LogP contribution in [0.1, 0.15) is 23.2 Å². The Morgan fingerprint density at radius 1 is 1.04 bits per heavy atom. The number of amides is 1. The Labute approximate surface area is 134 Å². The quantitative estimate of drug-likeness (QED) is 0.705. The molecule has 0 radical (unpaired) electrons. The molecule has 2 aromatic rings. The Balaban J connectivity index is 0.000000203. The Hall–Kier alpha value is -2.76. The van der Waals surface area contributed by atoms with Crippen LogP contribution in [0.15, 0.2) is 42.5 Å². The van der Waals surface area contributed by atoms with Crippen LogP contribution in [-0.2, 0) is 0 Å². The van der Waals surface area contributed by atoms with E-state index in [1.807, 2.05) is 4.90 Å². The number of phenols is 1. The molecule has 3 rings (SSSR count). The molecule has 1 saturated heterocycles. The molecule has 5 nitrogen and oxygen atoms in total. The summed E-state index contributed by atoms with van der Waals surface area (Å²) >= 11 is 0. The topological polar surface area (TPSA) is 92.6 Å². The second-order valence-electron chi connectivity index (χ2n) is 5.34. The molecule has 1 fully saturated rings. The third-order valence-corrected chi connectivity index (χ3v) is 3.47. The zero-order valence-electron chi connectivity index (χ0n) is 12.7. The molecule has 0 aliphatic carbocycles. The highest BCUT2D eigenvalue weighted by atomic mass is 19.1. The molecular formula is C17H20FN3O2. The number of hydrogen-bond donors (Lipinski definition) is 3. The zero-order valence-corrected chi connectivity index (χ0v) is 12.7. The summed E-state index contributed by atoms with van der Waals surface area (Å²) in [5.41, 5.74) is 13.0. The van der Waals surface area contributed by atoms with E-state index in [0.717, 1.165) is 25.9 Å². The SMILES string of the molecule is Nc1cc(N)cc(C(=O)N2CCCC2)c1.Oc1ccccc1F. The van der Waals surface area contributed by atoms with Gasteiger partial charge in [-0.2, -0.15) is 0 Å². The first-order chi connectivity index (χ1) is 11.0. The predicted octanol–water partition coefficient (Wildman–Crippen LogP) is 2.62. The van der Waals surface area contributed by atoms with E-state index >= 15 is 0 Å². The summed E-state index contributed by atoms with van der Waals surface area (Å²) in [5, 5.41) is 8.54. The van der Waals surface area contributed by atoms with Gasteiger partial charge in [0, 0.05) is 30.0 Å². The Morgan fingerprint density at radius 3 is 2.09 bits per heavy atom. The van der Waals surface area contributed by atoms with Crippen molar-refractivity contribution in [3.63, 3.8) is 0 Å². The second-order valence-corrected chi connectivity index (χ2v) is 5.34. The molecule has 2 aromatic carbocycles. The van der Waals surface area contributed by atoms with Crippen LogP contribution >= 0.6 is 0 Å². The number of rotatable bonds is 1. The summed E-state index contributed by atoms with van der Waals surface area (Å²) in [7, 11) is 0. The number of phenolic OH excluding ortho intramolecular Hbond substituents is 1. The van der Waals surface area contributed by atoms with Gasteiger partial charge in [0.05, 0.1) is 0 Å². The van der Waals surface area contributed by atoms with Crippen LogP contribution in [0.25, 0.3) is 0 Å². The number of carbonyl (C=O) groups is 1. The van der Waals surface area contributed by atoms with Gasteiger partial charge in [0.1, 0.15) is 0 Å². The molecule has 122 valence electrons. The van der Waals surface area contributed by atoms with Crippen molar-refractivity contribution < 1.29 is 14.3 Å². The van der Waals surface area contributed by atoms with E-state index in [1.54, 1.807) is 24.3 Å². The van der Waals surface area contributed by atoms with E-state index < -0.39 is 5.82 Å². The molecular weight excluding hydrogens is 297 g/mol. The molecule has 6 heteroatoms. The van der Waals surface area contributed by atoms with Crippen molar-refractivity contribution in [2.75, 3.05) is 24.6 Å². The molecule has 0 saturated carbocycles. The number of likely N-dealkylation sites (tertiary alicyclic amines) is 1. The zero-order chi connectivity index (χ0) is 16.8. The average Bonchev–Trinajstić information content (AvgIpc) is 3.03. The molecule has 23 heavy (non-hydrogen) atoms. The average molecular weight is 317 g/mol. The molecule has 0 aromatic heterocycles. The number of hydrogen-bond acceptors (Lipinski definition) is 4. The molecule has 1 aliphatic rings. The standard InChI is InChI=1S/C11H15N3O.C6H5FO/c12-9-5-8(6-10(13)7-9)11(15)14-3-1-2-4-14;7-5-3-1-2-4-6(5)8/h5-7H,1-4,12-13H2;1-4,8H. The molecule has 0 spiro atoms. The third-order valence-electron chi connectivity index (χ3n) is 3.47. The van der Waals surface area contributed by atoms with E-state index in [-0.39, 0.29) is 11.7 Å². The maximum atomic E-state index is 12.1. The van der Waals surface area contributed by atoms with Gasteiger partial charge in [-0.15, -0.1) is 0 Å². The van der Waals surface area contributed by atoms with Gasteiger partial charge in [-0.1, -0.05) is 12.1 Å². The lowest BCUT2D eigenvalue weighted by atomic mass is 10.1. The molecule has 0 unspecified atom stereocenters. The number of anilines is 2. The maximum absolute atomic E-state index is 12.1. The minimum atomic E-state index is -0.576. The monoisotopic (exact) mass is 317 g/mol. The van der Waals surface area contributed by atoms with Gasteiger partial charge < -0.3 is 21.5 Å². The number of halogens is 1. The van der Waals surface area contributed by atoms with Gasteiger partial charge in [0.2, 0.25) is 0 Å². The lowest BCUT2D eigenvalue weighted by Gasteiger charge is -2.15. The summed E-state index contributed by atoms with van der Waals surface area (Å²) in [6.45, 7) is 1.68. The van der Waals surface area contributed by atoms with Crippen LogP contribution < -0.4 is 11.5 Å². The van der Waals surface area contributed by atoms with Crippen LogP contribution in [0.3, 0.4) is 0 Å². The fourth-order valence-electron chi connectivity index (χ4n) is 2.35. The molecule has 0 atom stereocenters. The minimum Gasteiger partial charge on any atom is -0.505 e. The molecule has 5 N–H and O–H groups in total. The van der Waals surface area contributed by atoms with E-state index in [4.69, 9.17) is 16.6 Å². The summed E-state index contributed by atoms with van der Waals surface area (Å²) in [5.74, 6) is -0.841. The van der Waals surface area contributed by atoms with Gasteiger partial charge in [-0.25, -0.2) is 4.39 Å². The van der Waals surface area contributed by atoms with Crippen LogP contribution in [0, 0.1) is 5.82 Å². The van der Waals surface area contributed by atoms with Gasteiger partial charge in [0.15, 0.2) is 11.6 Å². The summed E-state index contributed by atoms with van der Waals surface area (Å²) < 4.78 is 12.1. The van der Waals surface area contributed by atoms with Crippen molar-refractivity contribution in [3.8, 4) is 5.75 Å². The highest BCUT2D eigenvalue weighted by Gasteiger charge is 2.19. The van der Waals surface area contributed by atoms with E-state index in [9.17, 15) is 9.18 Å². The van der Waals surface area contributed by atoms with Crippen molar-refractivity contribution in [2.45, 2.75) is 12.8 Å².